The molecule has 0 aromatic heterocycles. The first-order valence-electron chi connectivity index (χ1n) is 5.45. The number of imide groups is 1. The number of carbonyl (C=O) groups excluding carboxylic acids is 4. The van der Waals surface area contributed by atoms with Crippen LogP contribution in [0.5, 0.6) is 0 Å². The highest BCUT2D eigenvalue weighted by Crippen LogP contribution is 1.99. The van der Waals surface area contributed by atoms with Gasteiger partial charge in [-0.25, -0.2) is 9.59 Å². The normalized spacial score (nSPS) is 16.2. The molecule has 0 bridgehead atoms. The molecule has 1 fully saturated rings. The van der Waals surface area contributed by atoms with Crippen LogP contribution in [0.3, 0.4) is 0 Å². The van der Waals surface area contributed by atoms with Crippen molar-refractivity contribution in [2.75, 3.05) is 20.2 Å². The molecular weight excluding hydrogens is 242 g/mol. The van der Waals surface area contributed by atoms with Crippen LogP contribution >= 0.6 is 0 Å². The van der Waals surface area contributed by atoms with Crippen LogP contribution in [0, 0.1) is 0 Å². The molecule has 0 aliphatic carbocycles. The van der Waals surface area contributed by atoms with Gasteiger partial charge in [-0.3, -0.25) is 14.5 Å². The number of ether oxygens (including phenoxy) is 1. The van der Waals surface area contributed by atoms with Gasteiger partial charge in [-0.2, -0.15) is 0 Å². The average Bonchev–Trinajstić information content (AvgIpc) is 2.66. The van der Waals surface area contributed by atoms with Crippen molar-refractivity contribution in [2.45, 2.75) is 19.4 Å². The Morgan fingerprint density at radius 3 is 2.61 bits per heavy atom. The number of hydrogen-bond acceptors (Lipinski definition) is 5. The summed E-state index contributed by atoms with van der Waals surface area (Å²) in [4.78, 5) is 46.1. The molecule has 1 rings (SSSR count). The highest BCUT2D eigenvalue weighted by Gasteiger charge is 2.31. The molecule has 1 heterocycles. The van der Waals surface area contributed by atoms with E-state index in [4.69, 9.17) is 0 Å². The summed E-state index contributed by atoms with van der Waals surface area (Å²) in [5.41, 5.74) is 0. The zero-order valence-electron chi connectivity index (χ0n) is 10.2. The molecule has 18 heavy (non-hydrogen) atoms. The van der Waals surface area contributed by atoms with Crippen LogP contribution in [0.4, 0.5) is 4.79 Å². The zero-order chi connectivity index (χ0) is 13.7. The minimum Gasteiger partial charge on any atom is -0.467 e. The van der Waals surface area contributed by atoms with Gasteiger partial charge in [0.05, 0.1) is 13.7 Å². The minimum atomic E-state index is -0.775. The SMILES string of the molecule is CCC(NC(=O)CN1C(=O)CNC1=O)C(=O)OC. The smallest absolute Gasteiger partial charge is 0.328 e. The van der Waals surface area contributed by atoms with E-state index in [1.807, 2.05) is 0 Å². The second kappa shape index (κ2) is 5.99. The fourth-order valence-corrected chi connectivity index (χ4v) is 1.47. The number of amides is 4. The van der Waals surface area contributed by atoms with Crippen molar-refractivity contribution in [3.05, 3.63) is 0 Å². The number of carbonyl (C=O) groups is 4. The quantitative estimate of drug-likeness (QED) is 0.466. The van der Waals surface area contributed by atoms with Crippen molar-refractivity contribution >= 4 is 23.8 Å². The van der Waals surface area contributed by atoms with Gasteiger partial charge in [-0.15, -0.1) is 0 Å². The molecule has 0 spiro atoms. The third-order valence-corrected chi connectivity index (χ3v) is 2.47. The summed E-state index contributed by atoms with van der Waals surface area (Å²) in [5, 5.41) is 4.69. The van der Waals surface area contributed by atoms with Crippen LogP contribution in [0.25, 0.3) is 0 Å². The fraction of sp³-hybridized carbons (Fsp3) is 0.600. The summed E-state index contributed by atoms with van der Waals surface area (Å²) in [6.07, 6.45) is 0.360. The highest BCUT2D eigenvalue weighted by molar-refractivity contribution is 6.04. The predicted molar refractivity (Wildman–Crippen MR) is 59.3 cm³/mol. The Labute approximate surface area is 104 Å². The van der Waals surface area contributed by atoms with Crippen LogP contribution in [0.1, 0.15) is 13.3 Å². The van der Waals surface area contributed by atoms with Crippen LogP contribution in [0.2, 0.25) is 0 Å². The largest absolute Gasteiger partial charge is 0.467 e. The maximum atomic E-state index is 11.6. The minimum absolute atomic E-state index is 0.111. The third kappa shape index (κ3) is 3.19. The summed E-state index contributed by atoms with van der Waals surface area (Å²) in [6, 6.07) is -1.38. The van der Waals surface area contributed by atoms with E-state index in [1.54, 1.807) is 6.92 Å². The molecule has 1 saturated heterocycles. The van der Waals surface area contributed by atoms with E-state index in [0.29, 0.717) is 6.42 Å². The summed E-state index contributed by atoms with van der Waals surface area (Å²) in [6.45, 7) is 1.19. The van der Waals surface area contributed by atoms with Crippen molar-refractivity contribution in [1.29, 1.82) is 0 Å². The van der Waals surface area contributed by atoms with Crippen LogP contribution in [-0.4, -0.2) is 55.0 Å². The molecule has 1 unspecified atom stereocenters. The van der Waals surface area contributed by atoms with Gasteiger partial charge >= 0.3 is 12.0 Å². The third-order valence-electron chi connectivity index (χ3n) is 2.47. The molecule has 4 amide bonds. The predicted octanol–water partition coefficient (Wildman–Crippen LogP) is -1.39. The van der Waals surface area contributed by atoms with Crippen molar-refractivity contribution in [1.82, 2.24) is 15.5 Å². The molecule has 0 aromatic rings. The molecule has 0 saturated carbocycles. The second-order valence-electron chi connectivity index (χ2n) is 3.69. The van der Waals surface area contributed by atoms with E-state index < -0.39 is 36.4 Å². The first-order valence-corrected chi connectivity index (χ1v) is 5.45. The molecule has 8 heteroatoms. The first-order chi connectivity index (χ1) is 8.49. The summed E-state index contributed by atoms with van der Waals surface area (Å²) < 4.78 is 4.50. The zero-order valence-corrected chi connectivity index (χ0v) is 10.2. The van der Waals surface area contributed by atoms with E-state index in [-0.39, 0.29) is 6.54 Å². The molecule has 0 aromatic carbocycles. The van der Waals surface area contributed by atoms with Crippen LogP contribution < -0.4 is 10.6 Å². The summed E-state index contributed by atoms with van der Waals surface area (Å²) in [7, 11) is 1.22. The number of hydrogen-bond donors (Lipinski definition) is 2. The van der Waals surface area contributed by atoms with Gasteiger partial charge in [0.1, 0.15) is 12.6 Å². The Balaban J connectivity index is 2.53. The number of methoxy groups -OCH3 is 1. The van der Waals surface area contributed by atoms with E-state index in [2.05, 4.69) is 15.4 Å². The maximum absolute atomic E-state index is 11.6. The number of rotatable bonds is 5. The van der Waals surface area contributed by atoms with Gasteiger partial charge in [0.15, 0.2) is 0 Å². The molecule has 1 atom stereocenters. The Hall–Kier alpha value is -2.12. The molecule has 1 aliphatic rings. The monoisotopic (exact) mass is 257 g/mol. The number of urea groups is 1. The van der Waals surface area contributed by atoms with Gasteiger partial charge in [0.2, 0.25) is 5.91 Å². The van der Waals surface area contributed by atoms with Crippen LogP contribution in [-0.2, 0) is 19.1 Å². The highest BCUT2D eigenvalue weighted by atomic mass is 16.5. The van der Waals surface area contributed by atoms with Crippen molar-refractivity contribution in [3.63, 3.8) is 0 Å². The molecule has 8 nitrogen and oxygen atoms in total. The second-order valence-corrected chi connectivity index (χ2v) is 3.69. The number of nitrogens with one attached hydrogen (secondary N) is 2. The summed E-state index contributed by atoms with van der Waals surface area (Å²) >= 11 is 0. The molecular formula is C10H15N3O5. The van der Waals surface area contributed by atoms with Gasteiger partial charge in [0, 0.05) is 0 Å². The average molecular weight is 257 g/mol. The van der Waals surface area contributed by atoms with Gasteiger partial charge in [-0.05, 0) is 6.42 Å². The van der Waals surface area contributed by atoms with Gasteiger partial charge in [-0.1, -0.05) is 6.92 Å². The van der Waals surface area contributed by atoms with E-state index in [0.717, 1.165) is 4.90 Å². The molecule has 2 N–H and O–H groups in total. The van der Waals surface area contributed by atoms with E-state index in [1.165, 1.54) is 7.11 Å². The topological polar surface area (TPSA) is 105 Å². The van der Waals surface area contributed by atoms with Crippen LogP contribution in [0.15, 0.2) is 0 Å². The Bertz CT molecular complexity index is 366. The van der Waals surface area contributed by atoms with Crippen molar-refractivity contribution in [3.8, 4) is 0 Å². The lowest BCUT2D eigenvalue weighted by molar-refractivity contribution is -0.145. The lowest BCUT2D eigenvalue weighted by Gasteiger charge is -2.17. The molecule has 0 radical (unpaired) electrons. The Morgan fingerprint density at radius 1 is 1.50 bits per heavy atom. The standard InChI is InChI=1S/C10H15N3O5/c1-3-6(9(16)18-2)12-7(14)5-13-8(15)4-11-10(13)17/h6H,3-5H2,1-2H3,(H,11,17)(H,12,14). The Morgan fingerprint density at radius 2 is 2.17 bits per heavy atom. The fourth-order valence-electron chi connectivity index (χ4n) is 1.47. The van der Waals surface area contributed by atoms with Gasteiger partial charge < -0.3 is 15.4 Å². The number of nitrogens with zero attached hydrogens (tertiary/aromatic N) is 1. The van der Waals surface area contributed by atoms with Crippen molar-refractivity contribution in [2.24, 2.45) is 0 Å². The Kier molecular flexibility index (Phi) is 4.64. The maximum Gasteiger partial charge on any atom is 0.328 e. The number of esters is 1. The van der Waals surface area contributed by atoms with Gasteiger partial charge in [0.25, 0.3) is 5.91 Å². The molecule has 100 valence electrons. The summed E-state index contributed by atoms with van der Waals surface area (Å²) in [5.74, 6) is -1.62. The lowest BCUT2D eigenvalue weighted by Crippen LogP contribution is -2.47. The van der Waals surface area contributed by atoms with E-state index >= 15 is 0 Å². The lowest BCUT2D eigenvalue weighted by atomic mass is 10.2. The first kappa shape index (κ1) is 13.9. The van der Waals surface area contributed by atoms with Crippen molar-refractivity contribution < 1.29 is 23.9 Å². The van der Waals surface area contributed by atoms with E-state index in [9.17, 15) is 19.2 Å². The molecule has 1 aliphatic heterocycles.